The number of rotatable bonds is 2. The van der Waals surface area contributed by atoms with Crippen LogP contribution in [0.25, 0.3) is 0 Å². The number of hydrogen-bond acceptors (Lipinski definition) is 3. The standard InChI is InChI=1S/C14H18N2S/c1-17-14(13(7-15)8-16)11-3-9-2-10(5-11)6-12(14)4-9/h9-13H,2-6H2,1H3. The zero-order chi connectivity index (χ0) is 12.0. The van der Waals surface area contributed by atoms with Crippen molar-refractivity contribution in [2.24, 2.45) is 29.6 Å². The second-order valence-corrected chi connectivity index (χ2v) is 7.17. The molecule has 0 aliphatic heterocycles. The Balaban J connectivity index is 2.01. The maximum atomic E-state index is 9.32. The van der Waals surface area contributed by atoms with Crippen molar-refractivity contribution in [3.05, 3.63) is 0 Å². The van der Waals surface area contributed by atoms with E-state index in [9.17, 15) is 10.5 Å². The van der Waals surface area contributed by atoms with Crippen LogP contribution in [-0.2, 0) is 0 Å². The van der Waals surface area contributed by atoms with Crippen LogP contribution in [0.5, 0.6) is 0 Å². The quantitative estimate of drug-likeness (QED) is 0.751. The highest BCUT2D eigenvalue weighted by Crippen LogP contribution is 2.64. The van der Waals surface area contributed by atoms with E-state index in [0.717, 1.165) is 11.8 Å². The SMILES string of the molecule is CSC1(C(C#N)C#N)C2CC3CC(C2)CC1C3. The van der Waals surface area contributed by atoms with Gasteiger partial charge in [-0.1, -0.05) is 0 Å². The van der Waals surface area contributed by atoms with Gasteiger partial charge in [-0.3, -0.25) is 0 Å². The number of thioether (sulfide) groups is 1. The summed E-state index contributed by atoms with van der Waals surface area (Å²) in [5.41, 5.74) is 0. The molecule has 0 aromatic rings. The fourth-order valence-electron chi connectivity index (χ4n) is 5.07. The molecule has 4 saturated carbocycles. The van der Waals surface area contributed by atoms with Crippen molar-refractivity contribution >= 4 is 11.8 Å². The van der Waals surface area contributed by atoms with Crippen LogP contribution in [0.4, 0.5) is 0 Å². The summed E-state index contributed by atoms with van der Waals surface area (Å²) in [6.45, 7) is 0. The lowest BCUT2D eigenvalue weighted by molar-refractivity contribution is -0.0238. The van der Waals surface area contributed by atoms with Gasteiger partial charge in [0.25, 0.3) is 0 Å². The Bertz CT molecular complexity index is 361. The second-order valence-electron chi connectivity index (χ2n) is 6.05. The summed E-state index contributed by atoms with van der Waals surface area (Å²) in [5.74, 6) is 2.63. The predicted molar refractivity (Wildman–Crippen MR) is 68.0 cm³/mol. The van der Waals surface area contributed by atoms with E-state index < -0.39 is 5.92 Å². The molecular weight excluding hydrogens is 228 g/mol. The molecule has 4 aliphatic rings. The number of hydrogen-bond donors (Lipinski definition) is 0. The molecule has 90 valence electrons. The molecule has 3 heteroatoms. The Hall–Kier alpha value is -0.670. The summed E-state index contributed by atoms with van der Waals surface area (Å²) in [7, 11) is 0. The molecule has 4 bridgehead atoms. The minimum Gasteiger partial charge on any atom is -0.197 e. The number of nitriles is 2. The Morgan fingerprint density at radius 3 is 1.82 bits per heavy atom. The monoisotopic (exact) mass is 246 g/mol. The van der Waals surface area contributed by atoms with Crippen LogP contribution in [0, 0.1) is 52.3 Å². The summed E-state index contributed by atoms with van der Waals surface area (Å²) in [4.78, 5) is 0. The Morgan fingerprint density at radius 1 is 1.00 bits per heavy atom. The van der Waals surface area contributed by atoms with Gasteiger partial charge in [0.15, 0.2) is 0 Å². The van der Waals surface area contributed by atoms with E-state index in [0.29, 0.717) is 11.8 Å². The van der Waals surface area contributed by atoms with E-state index >= 15 is 0 Å². The van der Waals surface area contributed by atoms with E-state index in [-0.39, 0.29) is 4.75 Å². The summed E-state index contributed by atoms with van der Waals surface area (Å²) in [6, 6.07) is 4.58. The third-order valence-corrected chi connectivity index (χ3v) is 7.09. The molecule has 0 aromatic heterocycles. The van der Waals surface area contributed by atoms with Crippen molar-refractivity contribution in [2.45, 2.75) is 36.9 Å². The van der Waals surface area contributed by atoms with Crippen LogP contribution in [0.3, 0.4) is 0 Å². The van der Waals surface area contributed by atoms with Gasteiger partial charge in [-0.15, -0.1) is 0 Å². The number of nitrogens with zero attached hydrogens (tertiary/aromatic N) is 2. The van der Waals surface area contributed by atoms with Gasteiger partial charge in [-0.25, -0.2) is 0 Å². The van der Waals surface area contributed by atoms with Crippen LogP contribution in [0.2, 0.25) is 0 Å². The van der Waals surface area contributed by atoms with Gasteiger partial charge in [-0.2, -0.15) is 22.3 Å². The van der Waals surface area contributed by atoms with Crippen molar-refractivity contribution in [1.82, 2.24) is 0 Å². The third-order valence-electron chi connectivity index (χ3n) is 5.48. The summed E-state index contributed by atoms with van der Waals surface area (Å²) in [6.07, 6.45) is 8.62. The zero-order valence-corrected chi connectivity index (χ0v) is 11.0. The molecule has 0 heterocycles. The average molecular weight is 246 g/mol. The highest BCUT2D eigenvalue weighted by atomic mass is 32.2. The Kier molecular flexibility index (Phi) is 2.64. The molecule has 4 aliphatic carbocycles. The van der Waals surface area contributed by atoms with Crippen molar-refractivity contribution in [3.8, 4) is 12.1 Å². The lowest BCUT2D eigenvalue weighted by Gasteiger charge is -2.61. The smallest absolute Gasteiger partial charge is 0.148 e. The molecule has 0 aromatic carbocycles. The van der Waals surface area contributed by atoms with Crippen LogP contribution in [-0.4, -0.2) is 11.0 Å². The molecule has 4 rings (SSSR count). The van der Waals surface area contributed by atoms with Crippen LogP contribution in [0.1, 0.15) is 32.1 Å². The fourth-order valence-corrected chi connectivity index (χ4v) is 6.47. The normalized spacial score (nSPS) is 46.8. The van der Waals surface area contributed by atoms with Gasteiger partial charge in [0.05, 0.1) is 16.9 Å². The minimum absolute atomic E-state index is 0.0447. The molecule has 0 N–H and O–H groups in total. The van der Waals surface area contributed by atoms with Crippen molar-refractivity contribution in [2.75, 3.05) is 6.26 Å². The molecule has 0 atom stereocenters. The van der Waals surface area contributed by atoms with Gasteiger partial charge in [0, 0.05) is 0 Å². The van der Waals surface area contributed by atoms with Crippen molar-refractivity contribution in [3.63, 3.8) is 0 Å². The second kappa shape index (κ2) is 3.92. The van der Waals surface area contributed by atoms with E-state index in [1.54, 1.807) is 0 Å². The molecule has 0 spiro atoms. The van der Waals surface area contributed by atoms with Crippen LogP contribution >= 0.6 is 11.8 Å². The van der Waals surface area contributed by atoms with Gasteiger partial charge < -0.3 is 0 Å². The topological polar surface area (TPSA) is 47.6 Å². The molecule has 17 heavy (non-hydrogen) atoms. The van der Waals surface area contributed by atoms with E-state index in [2.05, 4.69) is 18.4 Å². The van der Waals surface area contributed by atoms with Crippen LogP contribution < -0.4 is 0 Å². The molecule has 4 fully saturated rings. The minimum atomic E-state index is -0.410. The van der Waals surface area contributed by atoms with E-state index in [1.807, 2.05) is 11.8 Å². The summed E-state index contributed by atoms with van der Waals surface area (Å²) >= 11 is 1.82. The molecule has 0 saturated heterocycles. The molecule has 0 amide bonds. The Morgan fingerprint density at radius 2 is 1.47 bits per heavy atom. The third kappa shape index (κ3) is 1.39. The zero-order valence-electron chi connectivity index (χ0n) is 10.2. The van der Waals surface area contributed by atoms with Crippen molar-refractivity contribution < 1.29 is 0 Å². The average Bonchev–Trinajstić information content (AvgIpc) is 2.33. The highest BCUT2D eigenvalue weighted by Gasteiger charge is 2.60. The lowest BCUT2D eigenvalue weighted by atomic mass is 9.49. The summed E-state index contributed by atoms with van der Waals surface area (Å²) in [5, 5.41) is 18.6. The molecule has 2 nitrogen and oxygen atoms in total. The van der Waals surface area contributed by atoms with Gasteiger partial charge in [0.1, 0.15) is 5.92 Å². The maximum Gasteiger partial charge on any atom is 0.148 e. The van der Waals surface area contributed by atoms with Gasteiger partial charge >= 0.3 is 0 Å². The molecule has 0 radical (unpaired) electrons. The lowest BCUT2D eigenvalue weighted by Crippen LogP contribution is -2.58. The van der Waals surface area contributed by atoms with E-state index in [1.165, 1.54) is 32.1 Å². The summed E-state index contributed by atoms with van der Waals surface area (Å²) < 4.78 is -0.0447. The fraction of sp³-hybridized carbons (Fsp3) is 0.857. The highest BCUT2D eigenvalue weighted by molar-refractivity contribution is 8.00. The first-order valence-corrected chi connectivity index (χ1v) is 7.81. The van der Waals surface area contributed by atoms with Crippen LogP contribution in [0.15, 0.2) is 0 Å². The Labute approximate surface area is 107 Å². The first kappa shape index (κ1) is 11.4. The van der Waals surface area contributed by atoms with Gasteiger partial charge in [-0.05, 0) is 62.0 Å². The first-order chi connectivity index (χ1) is 8.24. The van der Waals surface area contributed by atoms with Gasteiger partial charge in [0.2, 0.25) is 0 Å². The first-order valence-electron chi connectivity index (χ1n) is 6.59. The van der Waals surface area contributed by atoms with E-state index in [4.69, 9.17) is 0 Å². The largest absolute Gasteiger partial charge is 0.197 e. The molecule has 0 unspecified atom stereocenters. The predicted octanol–water partition coefficient (Wildman–Crippen LogP) is 3.21. The molecular formula is C14H18N2S. The maximum absolute atomic E-state index is 9.32. The van der Waals surface area contributed by atoms with Crippen molar-refractivity contribution in [1.29, 1.82) is 10.5 Å².